The third kappa shape index (κ3) is 3.00. The first-order valence-corrected chi connectivity index (χ1v) is 7.59. The van der Waals surface area contributed by atoms with Crippen molar-refractivity contribution in [2.45, 2.75) is 58.2 Å². The molecule has 0 aliphatic carbocycles. The van der Waals surface area contributed by atoms with Gasteiger partial charge in [0.05, 0.1) is 15.9 Å². The molecule has 2 atom stereocenters. The molecule has 1 aromatic heterocycles. The molecule has 2 rings (SSSR count). The standard InChI is InChI=1S/C13H20BrN3O2/c1-3-9-12(14)11(17(4-2)16-9)7-8-5-6-10(15-8)13(18)19/h8,10,15H,3-7H2,1-2H3,(H,18,19). The van der Waals surface area contributed by atoms with E-state index in [0.717, 1.165) is 36.0 Å². The Kier molecular flexibility index (Phi) is 4.62. The summed E-state index contributed by atoms with van der Waals surface area (Å²) in [5.41, 5.74) is 2.24. The number of carboxylic acid groups (broad SMARTS) is 1. The second-order valence-corrected chi connectivity index (χ2v) is 5.71. The first-order valence-electron chi connectivity index (χ1n) is 6.79. The Labute approximate surface area is 121 Å². The van der Waals surface area contributed by atoms with Gasteiger partial charge in [0.25, 0.3) is 0 Å². The maximum absolute atomic E-state index is 11.0. The molecule has 0 amide bonds. The second-order valence-electron chi connectivity index (χ2n) is 4.91. The lowest BCUT2D eigenvalue weighted by molar-refractivity contribution is -0.139. The van der Waals surface area contributed by atoms with Crippen LogP contribution < -0.4 is 5.32 Å². The van der Waals surface area contributed by atoms with Crippen LogP contribution in [0.1, 0.15) is 38.1 Å². The van der Waals surface area contributed by atoms with E-state index in [1.807, 2.05) is 4.68 Å². The number of halogens is 1. The van der Waals surface area contributed by atoms with Crippen molar-refractivity contribution in [1.29, 1.82) is 0 Å². The fourth-order valence-corrected chi connectivity index (χ4v) is 3.35. The number of nitrogens with one attached hydrogen (secondary N) is 1. The van der Waals surface area contributed by atoms with Crippen molar-refractivity contribution in [3.63, 3.8) is 0 Å². The van der Waals surface area contributed by atoms with E-state index in [1.54, 1.807) is 0 Å². The van der Waals surface area contributed by atoms with E-state index in [9.17, 15) is 4.79 Å². The maximum Gasteiger partial charge on any atom is 0.320 e. The average Bonchev–Trinajstić information content (AvgIpc) is 2.96. The van der Waals surface area contributed by atoms with E-state index in [0.29, 0.717) is 6.42 Å². The van der Waals surface area contributed by atoms with Gasteiger partial charge in [-0.3, -0.25) is 9.48 Å². The highest BCUT2D eigenvalue weighted by molar-refractivity contribution is 9.10. The lowest BCUT2D eigenvalue weighted by Crippen LogP contribution is -2.36. The number of aliphatic carboxylic acids is 1. The van der Waals surface area contributed by atoms with Crippen molar-refractivity contribution < 1.29 is 9.90 Å². The summed E-state index contributed by atoms with van der Waals surface area (Å²) in [7, 11) is 0. The van der Waals surface area contributed by atoms with Crippen molar-refractivity contribution in [3.8, 4) is 0 Å². The Morgan fingerprint density at radius 3 is 2.79 bits per heavy atom. The fraction of sp³-hybridized carbons (Fsp3) is 0.692. The number of hydrogen-bond acceptors (Lipinski definition) is 3. The molecule has 0 aromatic carbocycles. The summed E-state index contributed by atoms with van der Waals surface area (Å²) in [6, 6.07) is -0.170. The molecule has 1 saturated heterocycles. The Balaban J connectivity index is 2.11. The summed E-state index contributed by atoms with van der Waals surface area (Å²) in [5, 5.41) is 16.8. The van der Waals surface area contributed by atoms with Crippen LogP contribution in [0.2, 0.25) is 0 Å². The number of nitrogens with zero attached hydrogens (tertiary/aromatic N) is 2. The summed E-state index contributed by atoms with van der Waals surface area (Å²) in [6.07, 6.45) is 3.33. The Bertz CT molecular complexity index is 473. The normalized spacial score (nSPS) is 22.9. The highest BCUT2D eigenvalue weighted by atomic mass is 79.9. The van der Waals surface area contributed by atoms with Gasteiger partial charge in [0, 0.05) is 19.0 Å². The van der Waals surface area contributed by atoms with Gasteiger partial charge in [0.2, 0.25) is 0 Å². The minimum atomic E-state index is -0.750. The minimum Gasteiger partial charge on any atom is -0.480 e. The van der Waals surface area contributed by atoms with E-state index in [-0.39, 0.29) is 6.04 Å². The molecule has 0 bridgehead atoms. The largest absolute Gasteiger partial charge is 0.480 e. The fourth-order valence-electron chi connectivity index (χ4n) is 2.62. The van der Waals surface area contributed by atoms with Gasteiger partial charge >= 0.3 is 5.97 Å². The highest BCUT2D eigenvalue weighted by Gasteiger charge is 2.30. The van der Waals surface area contributed by atoms with Crippen LogP contribution in [0.5, 0.6) is 0 Å². The zero-order valence-corrected chi connectivity index (χ0v) is 12.9. The predicted octanol–water partition coefficient (Wildman–Crippen LogP) is 1.98. The molecule has 1 aliphatic heterocycles. The number of carbonyl (C=O) groups is 1. The molecular weight excluding hydrogens is 310 g/mol. The molecule has 2 N–H and O–H groups in total. The van der Waals surface area contributed by atoms with Gasteiger partial charge in [-0.25, -0.2) is 0 Å². The highest BCUT2D eigenvalue weighted by Crippen LogP contribution is 2.26. The van der Waals surface area contributed by atoms with Gasteiger partial charge in [-0.05, 0) is 42.1 Å². The molecule has 5 nitrogen and oxygen atoms in total. The Morgan fingerprint density at radius 1 is 1.53 bits per heavy atom. The maximum atomic E-state index is 11.0. The monoisotopic (exact) mass is 329 g/mol. The zero-order chi connectivity index (χ0) is 14.0. The first kappa shape index (κ1) is 14.5. The molecule has 106 valence electrons. The van der Waals surface area contributed by atoms with Crippen LogP contribution in [0.3, 0.4) is 0 Å². The van der Waals surface area contributed by atoms with Crippen molar-refractivity contribution in [2.24, 2.45) is 0 Å². The lowest BCUT2D eigenvalue weighted by Gasteiger charge is -2.13. The average molecular weight is 330 g/mol. The molecule has 1 aliphatic rings. The van der Waals surface area contributed by atoms with Gasteiger partial charge in [-0.2, -0.15) is 5.10 Å². The van der Waals surface area contributed by atoms with E-state index in [2.05, 4.69) is 40.2 Å². The molecule has 6 heteroatoms. The number of rotatable bonds is 5. The van der Waals surface area contributed by atoms with E-state index >= 15 is 0 Å². The molecule has 0 spiro atoms. The smallest absolute Gasteiger partial charge is 0.320 e. The van der Waals surface area contributed by atoms with Crippen molar-refractivity contribution in [2.75, 3.05) is 0 Å². The zero-order valence-electron chi connectivity index (χ0n) is 11.3. The molecule has 2 heterocycles. The van der Waals surface area contributed by atoms with Crippen LogP contribution >= 0.6 is 15.9 Å². The molecule has 19 heavy (non-hydrogen) atoms. The number of aromatic nitrogens is 2. The van der Waals surface area contributed by atoms with Crippen LogP contribution in [0.4, 0.5) is 0 Å². The predicted molar refractivity (Wildman–Crippen MR) is 76.3 cm³/mol. The van der Waals surface area contributed by atoms with Crippen molar-refractivity contribution in [3.05, 3.63) is 15.9 Å². The van der Waals surface area contributed by atoms with Crippen LogP contribution in [-0.2, 0) is 24.2 Å². The molecule has 1 fully saturated rings. The lowest BCUT2D eigenvalue weighted by atomic mass is 10.1. The van der Waals surface area contributed by atoms with Crippen LogP contribution in [0, 0.1) is 0 Å². The van der Waals surface area contributed by atoms with Crippen molar-refractivity contribution >= 4 is 21.9 Å². The van der Waals surface area contributed by atoms with Crippen LogP contribution in [0.15, 0.2) is 4.47 Å². The van der Waals surface area contributed by atoms with Gasteiger partial charge in [0.15, 0.2) is 0 Å². The summed E-state index contributed by atoms with van der Waals surface area (Å²) in [4.78, 5) is 11.0. The van der Waals surface area contributed by atoms with E-state index in [4.69, 9.17) is 5.11 Å². The summed E-state index contributed by atoms with van der Waals surface area (Å²) in [5.74, 6) is -0.750. The van der Waals surface area contributed by atoms with Crippen LogP contribution in [0.25, 0.3) is 0 Å². The quantitative estimate of drug-likeness (QED) is 0.866. The Morgan fingerprint density at radius 2 is 2.26 bits per heavy atom. The van der Waals surface area contributed by atoms with E-state index < -0.39 is 12.0 Å². The number of aryl methyl sites for hydroxylation is 2. The Hall–Kier alpha value is -0.880. The summed E-state index contributed by atoms with van der Waals surface area (Å²) >= 11 is 3.63. The van der Waals surface area contributed by atoms with Crippen LogP contribution in [-0.4, -0.2) is 32.9 Å². The van der Waals surface area contributed by atoms with Gasteiger partial charge in [-0.1, -0.05) is 6.92 Å². The second kappa shape index (κ2) is 6.05. The molecular formula is C13H20BrN3O2. The third-order valence-electron chi connectivity index (χ3n) is 3.67. The van der Waals surface area contributed by atoms with E-state index in [1.165, 1.54) is 5.69 Å². The first-order chi connectivity index (χ1) is 9.06. The number of carboxylic acids is 1. The molecule has 1 aromatic rings. The van der Waals surface area contributed by atoms with Crippen molar-refractivity contribution in [1.82, 2.24) is 15.1 Å². The SMILES string of the molecule is CCc1nn(CC)c(CC2CCC(C(=O)O)N2)c1Br. The van der Waals surface area contributed by atoms with Gasteiger partial charge in [0.1, 0.15) is 6.04 Å². The molecule has 0 radical (unpaired) electrons. The van der Waals surface area contributed by atoms with Gasteiger partial charge < -0.3 is 10.4 Å². The van der Waals surface area contributed by atoms with Gasteiger partial charge in [-0.15, -0.1) is 0 Å². The summed E-state index contributed by atoms with van der Waals surface area (Å²) in [6.45, 7) is 5.00. The molecule has 0 saturated carbocycles. The number of hydrogen-bond donors (Lipinski definition) is 2. The minimum absolute atomic E-state index is 0.226. The third-order valence-corrected chi connectivity index (χ3v) is 4.59. The summed E-state index contributed by atoms with van der Waals surface area (Å²) < 4.78 is 3.09. The molecule has 2 unspecified atom stereocenters. The topological polar surface area (TPSA) is 67.2 Å².